The van der Waals surface area contributed by atoms with Gasteiger partial charge in [-0.1, -0.05) is 12.1 Å². The number of rotatable bonds is 5. The van der Waals surface area contributed by atoms with Gasteiger partial charge in [0.15, 0.2) is 0 Å². The Hall–Kier alpha value is -2.96. The van der Waals surface area contributed by atoms with Gasteiger partial charge in [-0.15, -0.1) is 0 Å². The van der Waals surface area contributed by atoms with Gasteiger partial charge in [-0.3, -0.25) is 9.59 Å². The van der Waals surface area contributed by atoms with Gasteiger partial charge in [0.25, 0.3) is 5.91 Å². The number of nitrogens with one attached hydrogen (secondary N) is 1. The molecule has 2 aromatic rings. The third-order valence-corrected chi connectivity index (χ3v) is 4.65. The summed E-state index contributed by atoms with van der Waals surface area (Å²) in [5.74, 6) is 0.370. The predicted molar refractivity (Wildman–Crippen MR) is 101 cm³/mol. The topological polar surface area (TPSA) is 65.5 Å². The Morgan fingerprint density at radius 3 is 2.41 bits per heavy atom. The zero-order chi connectivity index (χ0) is 19.2. The Labute approximate surface area is 158 Å². The molecule has 0 aliphatic carbocycles. The van der Waals surface area contributed by atoms with Crippen LogP contribution in [0.4, 0.5) is 10.2 Å². The maximum atomic E-state index is 12.9. The lowest BCUT2D eigenvalue weighted by atomic mass is 10.1. The molecule has 2 heterocycles. The summed E-state index contributed by atoms with van der Waals surface area (Å²) in [6.07, 6.45) is 2.34. The van der Waals surface area contributed by atoms with Crippen molar-refractivity contribution < 1.29 is 14.0 Å². The lowest BCUT2D eigenvalue weighted by molar-refractivity contribution is -0.130. The SMILES string of the molecule is CC(=O)N1CCN(C(=O)c2ccnc(NCCc3ccc(F)cc3)c2)CC1. The second-order valence-electron chi connectivity index (χ2n) is 6.53. The molecule has 27 heavy (non-hydrogen) atoms. The summed E-state index contributed by atoms with van der Waals surface area (Å²) in [5.41, 5.74) is 1.60. The molecular weight excluding hydrogens is 347 g/mol. The fourth-order valence-electron chi connectivity index (χ4n) is 3.05. The Morgan fingerprint density at radius 1 is 1.07 bits per heavy atom. The van der Waals surface area contributed by atoms with Gasteiger partial charge < -0.3 is 15.1 Å². The van der Waals surface area contributed by atoms with E-state index < -0.39 is 0 Å². The van der Waals surface area contributed by atoms with Crippen LogP contribution < -0.4 is 5.32 Å². The summed E-state index contributed by atoms with van der Waals surface area (Å²) in [6, 6.07) is 9.84. The maximum Gasteiger partial charge on any atom is 0.254 e. The van der Waals surface area contributed by atoms with Crippen molar-refractivity contribution in [3.05, 3.63) is 59.5 Å². The molecule has 0 radical (unpaired) electrons. The molecule has 1 N–H and O–H groups in total. The summed E-state index contributed by atoms with van der Waals surface area (Å²) >= 11 is 0. The Bertz CT molecular complexity index is 802. The minimum Gasteiger partial charge on any atom is -0.370 e. The molecule has 142 valence electrons. The first kappa shape index (κ1) is 18.8. The van der Waals surface area contributed by atoms with Crippen molar-refractivity contribution in [2.75, 3.05) is 38.0 Å². The Morgan fingerprint density at radius 2 is 1.74 bits per heavy atom. The highest BCUT2D eigenvalue weighted by molar-refractivity contribution is 5.95. The van der Waals surface area contributed by atoms with Gasteiger partial charge in [0.1, 0.15) is 11.6 Å². The molecule has 0 unspecified atom stereocenters. The number of piperazine rings is 1. The van der Waals surface area contributed by atoms with Crippen molar-refractivity contribution in [1.29, 1.82) is 0 Å². The maximum absolute atomic E-state index is 12.9. The van der Waals surface area contributed by atoms with Gasteiger partial charge >= 0.3 is 0 Å². The molecule has 7 heteroatoms. The van der Waals surface area contributed by atoms with Crippen molar-refractivity contribution >= 4 is 17.6 Å². The standard InChI is InChI=1S/C20H23FN4O2/c1-15(26)24-10-12-25(13-11-24)20(27)17-7-9-23-19(14-17)22-8-6-16-2-4-18(21)5-3-16/h2-5,7,9,14H,6,8,10-13H2,1H3,(H,22,23). The van der Waals surface area contributed by atoms with Crippen LogP contribution in [0, 0.1) is 5.82 Å². The van der Waals surface area contributed by atoms with Crippen LogP contribution in [0.15, 0.2) is 42.6 Å². The quantitative estimate of drug-likeness (QED) is 0.876. The van der Waals surface area contributed by atoms with E-state index in [9.17, 15) is 14.0 Å². The molecule has 0 saturated carbocycles. The molecule has 1 aromatic carbocycles. The summed E-state index contributed by atoms with van der Waals surface area (Å²) in [4.78, 5) is 31.8. The molecular formula is C20H23FN4O2. The number of halogens is 1. The predicted octanol–water partition coefficient (Wildman–Crippen LogP) is 2.18. The molecule has 1 aliphatic rings. The van der Waals surface area contributed by atoms with Gasteiger partial charge in [0.2, 0.25) is 5.91 Å². The molecule has 3 rings (SSSR count). The molecule has 0 atom stereocenters. The first-order valence-electron chi connectivity index (χ1n) is 9.02. The van der Waals surface area contributed by atoms with Crippen LogP contribution in [0.25, 0.3) is 0 Å². The van der Waals surface area contributed by atoms with E-state index in [4.69, 9.17) is 0 Å². The highest BCUT2D eigenvalue weighted by Crippen LogP contribution is 2.12. The number of carbonyl (C=O) groups is 2. The zero-order valence-corrected chi connectivity index (χ0v) is 15.3. The van der Waals surface area contributed by atoms with Gasteiger partial charge in [-0.25, -0.2) is 9.37 Å². The largest absolute Gasteiger partial charge is 0.370 e. The van der Waals surface area contributed by atoms with Gasteiger partial charge in [0.05, 0.1) is 0 Å². The molecule has 1 saturated heterocycles. The fraction of sp³-hybridized carbons (Fsp3) is 0.350. The second-order valence-corrected chi connectivity index (χ2v) is 6.53. The number of amides is 2. The molecule has 2 amide bonds. The van der Waals surface area contributed by atoms with Crippen LogP contribution in [0.2, 0.25) is 0 Å². The smallest absolute Gasteiger partial charge is 0.254 e. The summed E-state index contributed by atoms with van der Waals surface area (Å²) in [5, 5.41) is 3.20. The number of anilines is 1. The van der Waals surface area contributed by atoms with Crippen molar-refractivity contribution in [3.8, 4) is 0 Å². The number of nitrogens with zero attached hydrogens (tertiary/aromatic N) is 3. The lowest BCUT2D eigenvalue weighted by Gasteiger charge is -2.34. The van der Waals surface area contributed by atoms with E-state index in [1.165, 1.54) is 12.1 Å². The number of aromatic nitrogens is 1. The molecule has 1 aliphatic heterocycles. The van der Waals surface area contributed by atoms with E-state index in [0.717, 1.165) is 12.0 Å². The summed E-state index contributed by atoms with van der Waals surface area (Å²) < 4.78 is 12.9. The third kappa shape index (κ3) is 5.03. The van der Waals surface area contributed by atoms with E-state index in [-0.39, 0.29) is 17.6 Å². The molecule has 0 spiro atoms. The first-order valence-corrected chi connectivity index (χ1v) is 9.02. The summed E-state index contributed by atoms with van der Waals surface area (Å²) in [7, 11) is 0. The van der Waals surface area contributed by atoms with Crippen LogP contribution in [-0.4, -0.2) is 59.3 Å². The number of hydrogen-bond acceptors (Lipinski definition) is 4. The first-order chi connectivity index (χ1) is 13.0. The second kappa shape index (κ2) is 8.62. The van der Waals surface area contributed by atoms with Crippen LogP contribution >= 0.6 is 0 Å². The highest BCUT2D eigenvalue weighted by Gasteiger charge is 2.23. The molecule has 1 fully saturated rings. The van der Waals surface area contributed by atoms with E-state index >= 15 is 0 Å². The van der Waals surface area contributed by atoms with Gasteiger partial charge in [0, 0.05) is 51.4 Å². The van der Waals surface area contributed by atoms with E-state index in [0.29, 0.717) is 44.1 Å². The average molecular weight is 370 g/mol. The van der Waals surface area contributed by atoms with Crippen LogP contribution in [0.5, 0.6) is 0 Å². The number of hydrogen-bond donors (Lipinski definition) is 1. The lowest BCUT2D eigenvalue weighted by Crippen LogP contribution is -2.50. The zero-order valence-electron chi connectivity index (χ0n) is 15.3. The monoisotopic (exact) mass is 370 g/mol. The normalized spacial score (nSPS) is 14.1. The van der Waals surface area contributed by atoms with Crippen molar-refractivity contribution in [1.82, 2.24) is 14.8 Å². The molecule has 0 bridgehead atoms. The van der Waals surface area contributed by atoms with E-state index in [1.807, 2.05) is 0 Å². The number of carbonyl (C=O) groups excluding carboxylic acids is 2. The minimum atomic E-state index is -0.247. The van der Waals surface area contributed by atoms with Gasteiger partial charge in [-0.2, -0.15) is 0 Å². The van der Waals surface area contributed by atoms with E-state index in [1.54, 1.807) is 47.2 Å². The minimum absolute atomic E-state index is 0.0404. The van der Waals surface area contributed by atoms with Gasteiger partial charge in [-0.05, 0) is 36.2 Å². The van der Waals surface area contributed by atoms with Crippen molar-refractivity contribution in [2.45, 2.75) is 13.3 Å². The molecule has 1 aromatic heterocycles. The summed E-state index contributed by atoms with van der Waals surface area (Å²) in [6.45, 7) is 4.38. The third-order valence-electron chi connectivity index (χ3n) is 4.65. The van der Waals surface area contributed by atoms with Crippen LogP contribution in [0.3, 0.4) is 0 Å². The Balaban J connectivity index is 1.54. The average Bonchev–Trinajstić information content (AvgIpc) is 2.69. The number of pyridine rings is 1. The van der Waals surface area contributed by atoms with E-state index in [2.05, 4.69) is 10.3 Å². The van der Waals surface area contributed by atoms with Crippen LogP contribution in [0.1, 0.15) is 22.8 Å². The van der Waals surface area contributed by atoms with Crippen molar-refractivity contribution in [2.24, 2.45) is 0 Å². The van der Waals surface area contributed by atoms with Crippen LogP contribution in [-0.2, 0) is 11.2 Å². The fourth-order valence-corrected chi connectivity index (χ4v) is 3.05. The van der Waals surface area contributed by atoms with Crippen molar-refractivity contribution in [3.63, 3.8) is 0 Å². The Kier molecular flexibility index (Phi) is 6.01. The highest BCUT2D eigenvalue weighted by atomic mass is 19.1. The number of benzene rings is 1. The molecule has 6 nitrogen and oxygen atoms in total.